The Morgan fingerprint density at radius 3 is 2.60 bits per heavy atom. The van der Waals surface area contributed by atoms with Crippen LogP contribution in [0.3, 0.4) is 0 Å². The van der Waals surface area contributed by atoms with Crippen LogP contribution in [0.15, 0.2) is 23.7 Å². The lowest BCUT2D eigenvalue weighted by molar-refractivity contribution is 0.100. The van der Waals surface area contributed by atoms with Crippen LogP contribution in [0, 0.1) is 13.8 Å². The minimum atomic E-state index is -2.63. The van der Waals surface area contributed by atoms with Crippen molar-refractivity contribution in [3.63, 3.8) is 0 Å². The number of nitrogens with two attached hydrogens (primary N) is 2. The monoisotopic (exact) mass is 363 g/mol. The molecule has 0 bridgehead atoms. The summed E-state index contributed by atoms with van der Waals surface area (Å²) in [5, 5.41) is 6.56. The molecule has 1 amide bonds. The molecular weight excluding hydrogens is 348 g/mol. The quantitative estimate of drug-likeness (QED) is 0.743. The Bertz CT molecular complexity index is 950. The van der Waals surface area contributed by atoms with Gasteiger partial charge in [-0.15, -0.1) is 11.3 Å². The number of nitrogens with zero attached hydrogens (tertiary/aromatic N) is 3. The summed E-state index contributed by atoms with van der Waals surface area (Å²) in [5.41, 5.74) is 13.1. The van der Waals surface area contributed by atoms with Crippen molar-refractivity contribution in [1.82, 2.24) is 14.8 Å². The number of aromatic nitrogens is 3. The van der Waals surface area contributed by atoms with E-state index in [4.69, 9.17) is 11.5 Å². The SMILES string of the molecule is Cc1ccc(C(F)F)c(C)c1-n1nc(-c2nccs2)c(C(N)=O)c1N. The Labute approximate surface area is 146 Å². The van der Waals surface area contributed by atoms with Crippen molar-refractivity contribution in [3.8, 4) is 16.4 Å². The Kier molecular flexibility index (Phi) is 4.25. The van der Waals surface area contributed by atoms with Crippen LogP contribution in [0.2, 0.25) is 0 Å². The summed E-state index contributed by atoms with van der Waals surface area (Å²) in [5.74, 6) is -0.760. The van der Waals surface area contributed by atoms with Gasteiger partial charge in [-0.1, -0.05) is 12.1 Å². The number of anilines is 1. The summed E-state index contributed by atoms with van der Waals surface area (Å²) in [6.07, 6.45) is -1.07. The predicted octanol–water partition coefficient (Wildman–Crippen LogP) is 3.23. The fraction of sp³-hybridized carbons (Fsp3) is 0.188. The molecule has 2 heterocycles. The van der Waals surface area contributed by atoms with Gasteiger partial charge in [0.2, 0.25) is 0 Å². The molecule has 25 heavy (non-hydrogen) atoms. The highest BCUT2D eigenvalue weighted by Gasteiger charge is 2.26. The lowest BCUT2D eigenvalue weighted by Crippen LogP contribution is -2.15. The van der Waals surface area contributed by atoms with E-state index in [2.05, 4.69) is 10.1 Å². The first-order valence-electron chi connectivity index (χ1n) is 7.29. The molecule has 130 valence electrons. The van der Waals surface area contributed by atoms with Gasteiger partial charge in [0.25, 0.3) is 12.3 Å². The van der Waals surface area contributed by atoms with Crippen molar-refractivity contribution in [2.45, 2.75) is 20.3 Å². The topological polar surface area (TPSA) is 99.8 Å². The van der Waals surface area contributed by atoms with Gasteiger partial charge in [-0.3, -0.25) is 4.79 Å². The normalized spacial score (nSPS) is 11.2. The van der Waals surface area contributed by atoms with Crippen molar-refractivity contribution in [1.29, 1.82) is 0 Å². The van der Waals surface area contributed by atoms with E-state index in [9.17, 15) is 13.6 Å². The Hall–Kier alpha value is -2.81. The first-order chi connectivity index (χ1) is 11.8. The maximum atomic E-state index is 13.2. The van der Waals surface area contributed by atoms with Crippen molar-refractivity contribution in [3.05, 3.63) is 46.0 Å². The van der Waals surface area contributed by atoms with E-state index >= 15 is 0 Å². The molecule has 0 unspecified atom stereocenters. The van der Waals surface area contributed by atoms with E-state index in [0.29, 0.717) is 21.8 Å². The zero-order valence-electron chi connectivity index (χ0n) is 13.5. The summed E-state index contributed by atoms with van der Waals surface area (Å²) < 4.78 is 27.8. The number of primary amides is 1. The van der Waals surface area contributed by atoms with Gasteiger partial charge in [0.05, 0.1) is 5.69 Å². The Morgan fingerprint density at radius 2 is 2.04 bits per heavy atom. The molecule has 2 aromatic heterocycles. The van der Waals surface area contributed by atoms with Crippen molar-refractivity contribution in [2.75, 3.05) is 5.73 Å². The molecule has 0 atom stereocenters. The number of aryl methyl sites for hydroxylation is 1. The number of benzene rings is 1. The second-order valence-corrected chi connectivity index (χ2v) is 6.36. The second kappa shape index (κ2) is 6.25. The highest BCUT2D eigenvalue weighted by molar-refractivity contribution is 7.13. The summed E-state index contributed by atoms with van der Waals surface area (Å²) in [4.78, 5) is 16.0. The van der Waals surface area contributed by atoms with Crippen LogP contribution in [-0.4, -0.2) is 20.7 Å². The largest absolute Gasteiger partial charge is 0.383 e. The van der Waals surface area contributed by atoms with Gasteiger partial charge in [0, 0.05) is 17.1 Å². The van der Waals surface area contributed by atoms with Crippen LogP contribution >= 0.6 is 11.3 Å². The summed E-state index contributed by atoms with van der Waals surface area (Å²) in [7, 11) is 0. The van der Waals surface area contributed by atoms with Crippen LogP contribution in [0.1, 0.15) is 33.5 Å². The number of alkyl halides is 2. The van der Waals surface area contributed by atoms with Crippen LogP contribution in [-0.2, 0) is 0 Å². The Balaban J connectivity index is 2.32. The number of rotatable bonds is 4. The fourth-order valence-corrected chi connectivity index (χ4v) is 3.37. The zero-order valence-corrected chi connectivity index (χ0v) is 14.3. The molecule has 0 aliphatic rings. The first kappa shape index (κ1) is 17.0. The maximum Gasteiger partial charge on any atom is 0.264 e. The molecule has 4 N–H and O–H groups in total. The maximum absolute atomic E-state index is 13.2. The predicted molar refractivity (Wildman–Crippen MR) is 92.0 cm³/mol. The second-order valence-electron chi connectivity index (χ2n) is 5.47. The number of hydrogen-bond acceptors (Lipinski definition) is 5. The van der Waals surface area contributed by atoms with Gasteiger partial charge in [-0.25, -0.2) is 18.4 Å². The number of hydrogen-bond donors (Lipinski definition) is 2. The molecule has 0 aliphatic heterocycles. The highest BCUT2D eigenvalue weighted by atomic mass is 32.1. The van der Waals surface area contributed by atoms with Gasteiger partial charge in [0.1, 0.15) is 22.1 Å². The zero-order chi connectivity index (χ0) is 18.3. The van der Waals surface area contributed by atoms with Crippen LogP contribution in [0.5, 0.6) is 0 Å². The van der Waals surface area contributed by atoms with E-state index in [0.717, 1.165) is 0 Å². The molecule has 3 aromatic rings. The molecular formula is C16H15F2N5OS. The van der Waals surface area contributed by atoms with Crippen LogP contribution < -0.4 is 11.5 Å². The third-order valence-electron chi connectivity index (χ3n) is 3.92. The summed E-state index contributed by atoms with van der Waals surface area (Å²) >= 11 is 1.27. The highest BCUT2D eigenvalue weighted by Crippen LogP contribution is 2.34. The van der Waals surface area contributed by atoms with Crippen molar-refractivity contribution >= 4 is 23.1 Å². The van der Waals surface area contributed by atoms with E-state index in [1.54, 1.807) is 31.5 Å². The van der Waals surface area contributed by atoms with Gasteiger partial charge < -0.3 is 11.5 Å². The van der Waals surface area contributed by atoms with E-state index < -0.39 is 12.3 Å². The smallest absolute Gasteiger partial charge is 0.264 e. The molecule has 0 aliphatic carbocycles. The molecule has 9 heteroatoms. The lowest BCUT2D eigenvalue weighted by atomic mass is 10.0. The average molecular weight is 363 g/mol. The minimum absolute atomic E-state index is 0.00434. The summed E-state index contributed by atoms with van der Waals surface area (Å²) in [6.45, 7) is 3.32. The molecule has 0 saturated heterocycles. The van der Waals surface area contributed by atoms with Gasteiger partial charge in [-0.05, 0) is 25.0 Å². The number of carbonyl (C=O) groups excluding carboxylic acids is 1. The number of nitrogen functional groups attached to an aromatic ring is 1. The number of carbonyl (C=O) groups is 1. The fourth-order valence-electron chi connectivity index (χ4n) is 2.75. The van der Waals surface area contributed by atoms with Gasteiger partial charge in [0.15, 0.2) is 0 Å². The Morgan fingerprint density at radius 1 is 1.32 bits per heavy atom. The molecule has 0 saturated carbocycles. The molecule has 1 aromatic carbocycles. The third kappa shape index (κ3) is 2.76. The summed E-state index contributed by atoms with van der Waals surface area (Å²) in [6, 6.07) is 2.94. The van der Waals surface area contributed by atoms with Crippen LogP contribution in [0.25, 0.3) is 16.4 Å². The molecule has 0 fully saturated rings. The molecule has 0 spiro atoms. The first-order valence-corrected chi connectivity index (χ1v) is 8.17. The minimum Gasteiger partial charge on any atom is -0.383 e. The lowest BCUT2D eigenvalue weighted by Gasteiger charge is -2.15. The van der Waals surface area contributed by atoms with Crippen LogP contribution in [0.4, 0.5) is 14.6 Å². The van der Waals surface area contributed by atoms with E-state index in [1.165, 1.54) is 22.1 Å². The van der Waals surface area contributed by atoms with E-state index in [-0.39, 0.29) is 22.6 Å². The van der Waals surface area contributed by atoms with Crippen molar-refractivity contribution < 1.29 is 13.6 Å². The number of thiazole rings is 1. The van der Waals surface area contributed by atoms with E-state index in [1.807, 2.05) is 0 Å². The van der Waals surface area contributed by atoms with Crippen molar-refractivity contribution in [2.24, 2.45) is 5.73 Å². The number of halogens is 2. The van der Waals surface area contributed by atoms with Gasteiger partial charge >= 0.3 is 0 Å². The molecule has 6 nitrogen and oxygen atoms in total. The number of amides is 1. The van der Waals surface area contributed by atoms with Gasteiger partial charge in [-0.2, -0.15) is 5.10 Å². The standard InChI is InChI=1S/C16H15F2N5OS/c1-7-3-4-9(13(17)18)8(2)12(7)23-14(19)10(15(20)24)11(22-23)16-21-5-6-25-16/h3-6,13H,19H2,1-2H3,(H2,20,24). The molecule has 0 radical (unpaired) electrons. The third-order valence-corrected chi connectivity index (χ3v) is 4.70. The average Bonchev–Trinajstić information content (AvgIpc) is 3.15. The molecule has 3 rings (SSSR count).